The summed E-state index contributed by atoms with van der Waals surface area (Å²) < 4.78 is 0. The first-order valence-corrected chi connectivity index (χ1v) is 4.56. The highest BCUT2D eigenvalue weighted by Crippen LogP contribution is 1.73. The zero-order valence-electron chi connectivity index (χ0n) is 9.33. The summed E-state index contributed by atoms with van der Waals surface area (Å²) in [7, 11) is 3.73. The first-order chi connectivity index (χ1) is 6.83. The van der Waals surface area contributed by atoms with Gasteiger partial charge in [0, 0.05) is 7.05 Å². The molecule has 0 saturated carbocycles. The van der Waals surface area contributed by atoms with Crippen LogP contribution in [0.5, 0.6) is 0 Å². The minimum atomic E-state index is 1.74. The topological polar surface area (TPSA) is 26.0 Å². The van der Waals surface area contributed by atoms with E-state index in [2.05, 4.69) is 16.9 Å². The van der Waals surface area contributed by atoms with Crippen LogP contribution >= 0.6 is 0 Å². The van der Waals surface area contributed by atoms with Crippen molar-refractivity contribution in [2.45, 2.75) is 6.92 Å². The molecule has 0 aliphatic heterocycles. The van der Waals surface area contributed by atoms with Crippen LogP contribution < -0.4 is 10.3 Å². The Kier molecular flexibility index (Phi) is 18.7. The molecule has 0 saturated heterocycles. The number of hydrogen-bond donors (Lipinski definition) is 2. The number of nitrogens with one attached hydrogen (secondary N) is 2. The third-order valence-corrected chi connectivity index (χ3v) is 1.08. The number of rotatable bonds is 4. The first kappa shape index (κ1) is 14.9. The molecule has 2 N–H and O–H groups in total. The Morgan fingerprint density at radius 2 is 1.86 bits per heavy atom. The lowest BCUT2D eigenvalue weighted by molar-refractivity contribution is -0.413. The SMILES string of the molecule is C=CC=CC=CNC.CC=CC=[NH+]C. The standard InChI is InChI=1S/C7H11N.C5H9N/c1-3-4-5-6-7-8-2;1-3-4-5-6-2/h3-8H,1H2,2H3;3-5H,1-2H3/p+1. The van der Waals surface area contributed by atoms with E-state index in [0.29, 0.717) is 0 Å². The molecule has 0 aliphatic carbocycles. The molecule has 0 bridgehead atoms. The van der Waals surface area contributed by atoms with Gasteiger partial charge in [-0.15, -0.1) is 0 Å². The van der Waals surface area contributed by atoms with E-state index in [9.17, 15) is 0 Å². The smallest absolute Gasteiger partial charge is 0.161 e. The molecule has 0 fully saturated rings. The summed E-state index contributed by atoms with van der Waals surface area (Å²) in [6, 6.07) is 0. The molecule has 0 unspecified atom stereocenters. The second-order valence-electron chi connectivity index (χ2n) is 2.25. The Hall–Kier alpha value is -1.57. The normalized spacial score (nSPS) is 11.1. The average Bonchev–Trinajstić information content (AvgIpc) is 2.22. The molecule has 78 valence electrons. The molecule has 0 radical (unpaired) electrons. The maximum Gasteiger partial charge on any atom is 0.161 e. The largest absolute Gasteiger partial charge is 0.394 e. The van der Waals surface area contributed by atoms with Crippen LogP contribution in [0.2, 0.25) is 0 Å². The van der Waals surface area contributed by atoms with Gasteiger partial charge in [-0.05, 0) is 25.3 Å². The molecule has 0 aromatic carbocycles. The van der Waals surface area contributed by atoms with Gasteiger partial charge in [-0.1, -0.05) is 30.9 Å². The highest BCUT2D eigenvalue weighted by atomic mass is 14.8. The maximum atomic E-state index is 3.52. The Morgan fingerprint density at radius 3 is 2.21 bits per heavy atom. The summed E-state index contributed by atoms with van der Waals surface area (Å²) in [5, 5.41) is 2.86. The van der Waals surface area contributed by atoms with Crippen molar-refractivity contribution < 1.29 is 4.99 Å². The van der Waals surface area contributed by atoms with E-state index in [1.807, 2.05) is 63.8 Å². The predicted octanol–water partition coefficient (Wildman–Crippen LogP) is 0.805. The second kappa shape index (κ2) is 17.5. The van der Waals surface area contributed by atoms with Crippen molar-refractivity contribution in [1.82, 2.24) is 5.32 Å². The molecule has 0 amide bonds. The van der Waals surface area contributed by atoms with Gasteiger partial charge in [0.2, 0.25) is 0 Å². The van der Waals surface area contributed by atoms with Crippen LogP contribution in [0.1, 0.15) is 6.92 Å². The molecule has 0 rings (SSSR count). The molecule has 0 atom stereocenters. The van der Waals surface area contributed by atoms with Gasteiger partial charge in [-0.25, -0.2) is 0 Å². The van der Waals surface area contributed by atoms with Crippen LogP contribution in [0.25, 0.3) is 0 Å². The van der Waals surface area contributed by atoms with Gasteiger partial charge in [-0.2, -0.15) is 0 Å². The summed E-state index contributed by atoms with van der Waals surface area (Å²) in [5.41, 5.74) is 0. The average molecular weight is 193 g/mol. The first-order valence-electron chi connectivity index (χ1n) is 4.56. The third kappa shape index (κ3) is 22.4. The van der Waals surface area contributed by atoms with Gasteiger partial charge < -0.3 is 5.32 Å². The lowest BCUT2D eigenvalue weighted by Gasteiger charge is -1.77. The van der Waals surface area contributed by atoms with Crippen molar-refractivity contribution in [2.24, 2.45) is 0 Å². The second-order valence-corrected chi connectivity index (χ2v) is 2.25. The fourth-order valence-electron chi connectivity index (χ4n) is 0.487. The minimum absolute atomic E-state index is 1.74. The highest BCUT2D eigenvalue weighted by Gasteiger charge is 1.56. The zero-order valence-corrected chi connectivity index (χ0v) is 9.33. The molecule has 2 nitrogen and oxygen atoms in total. The van der Waals surface area contributed by atoms with Crippen LogP contribution in [-0.2, 0) is 0 Å². The van der Waals surface area contributed by atoms with Crippen LogP contribution in [0.3, 0.4) is 0 Å². The lowest BCUT2D eigenvalue weighted by atomic mass is 10.5. The highest BCUT2D eigenvalue weighted by molar-refractivity contribution is 5.64. The minimum Gasteiger partial charge on any atom is -0.394 e. The van der Waals surface area contributed by atoms with Gasteiger partial charge >= 0.3 is 0 Å². The predicted molar refractivity (Wildman–Crippen MR) is 65.3 cm³/mol. The Bertz CT molecular complexity index is 200. The Morgan fingerprint density at radius 1 is 1.14 bits per heavy atom. The van der Waals surface area contributed by atoms with Crippen LogP contribution in [0.15, 0.2) is 49.2 Å². The fraction of sp³-hybridized carbons (Fsp3) is 0.250. The van der Waals surface area contributed by atoms with Crippen molar-refractivity contribution in [3.8, 4) is 0 Å². The fourth-order valence-corrected chi connectivity index (χ4v) is 0.487. The van der Waals surface area contributed by atoms with Crippen LogP contribution in [0.4, 0.5) is 0 Å². The van der Waals surface area contributed by atoms with Crippen molar-refractivity contribution in [3.63, 3.8) is 0 Å². The van der Waals surface area contributed by atoms with E-state index in [4.69, 9.17) is 0 Å². The molecule has 0 aromatic rings. The van der Waals surface area contributed by atoms with Crippen molar-refractivity contribution in [2.75, 3.05) is 14.1 Å². The van der Waals surface area contributed by atoms with Crippen LogP contribution in [0, 0.1) is 0 Å². The van der Waals surface area contributed by atoms with Crippen molar-refractivity contribution in [1.29, 1.82) is 0 Å². The van der Waals surface area contributed by atoms with Gasteiger partial charge in [0.05, 0.1) is 0 Å². The Balaban J connectivity index is 0. The molecule has 0 heterocycles. The van der Waals surface area contributed by atoms with Crippen LogP contribution in [-0.4, -0.2) is 20.3 Å². The van der Waals surface area contributed by atoms with Crippen molar-refractivity contribution in [3.05, 3.63) is 49.2 Å². The summed E-state index contributed by atoms with van der Waals surface area (Å²) in [4.78, 5) is 2.86. The Labute approximate surface area is 87.4 Å². The molecule has 14 heavy (non-hydrogen) atoms. The summed E-state index contributed by atoms with van der Waals surface area (Å²) in [6.45, 7) is 5.50. The zero-order chi connectivity index (χ0) is 11.1. The van der Waals surface area contributed by atoms with E-state index in [1.54, 1.807) is 6.08 Å². The van der Waals surface area contributed by atoms with E-state index >= 15 is 0 Å². The van der Waals surface area contributed by atoms with Gasteiger partial charge in [-0.3, -0.25) is 4.99 Å². The number of hydrogen-bond acceptors (Lipinski definition) is 1. The van der Waals surface area contributed by atoms with E-state index < -0.39 is 0 Å². The monoisotopic (exact) mass is 193 g/mol. The maximum absolute atomic E-state index is 3.52. The van der Waals surface area contributed by atoms with Gasteiger partial charge in [0.15, 0.2) is 6.21 Å². The number of allylic oxidation sites excluding steroid dienone is 6. The lowest BCUT2D eigenvalue weighted by Crippen LogP contribution is -2.62. The van der Waals surface area contributed by atoms with E-state index in [1.165, 1.54) is 0 Å². The van der Waals surface area contributed by atoms with Crippen molar-refractivity contribution >= 4 is 6.21 Å². The molecule has 2 heteroatoms. The summed E-state index contributed by atoms with van der Waals surface area (Å²) >= 11 is 0. The van der Waals surface area contributed by atoms with E-state index in [0.717, 1.165) is 0 Å². The quantitative estimate of drug-likeness (QED) is 0.501. The van der Waals surface area contributed by atoms with Gasteiger partial charge in [0.1, 0.15) is 7.05 Å². The molecule has 0 aromatic heterocycles. The van der Waals surface area contributed by atoms with Gasteiger partial charge in [0.25, 0.3) is 0 Å². The molecular weight excluding hydrogens is 172 g/mol. The molecular formula is C12H21N2+. The third-order valence-electron chi connectivity index (χ3n) is 1.08. The summed E-state index contributed by atoms with van der Waals surface area (Å²) in [6.07, 6.45) is 15.1. The molecule has 0 aliphatic rings. The molecule has 0 spiro atoms. The summed E-state index contributed by atoms with van der Waals surface area (Å²) in [5.74, 6) is 0. The van der Waals surface area contributed by atoms with E-state index in [-0.39, 0.29) is 0 Å².